The molecule has 8 heteroatoms. The van der Waals surface area contributed by atoms with E-state index in [2.05, 4.69) is 5.32 Å². The topological polar surface area (TPSA) is 109 Å². The van der Waals surface area contributed by atoms with Crippen LogP contribution in [-0.4, -0.2) is 16.9 Å². The number of hydrogen-bond acceptors (Lipinski definition) is 5. The van der Waals surface area contributed by atoms with Gasteiger partial charge in [0.2, 0.25) is 0 Å². The van der Waals surface area contributed by atoms with E-state index in [0.717, 1.165) is 12.8 Å². The van der Waals surface area contributed by atoms with Crippen molar-refractivity contribution in [2.75, 3.05) is 0 Å². The van der Waals surface area contributed by atoms with E-state index in [1.165, 1.54) is 24.3 Å². The number of furan rings is 1. The van der Waals surface area contributed by atoms with Gasteiger partial charge >= 0.3 is 0 Å². The Morgan fingerprint density at radius 2 is 2.16 bits per heavy atom. The zero-order valence-corrected chi connectivity index (χ0v) is 13.6. The molecule has 0 unspecified atom stereocenters. The van der Waals surface area contributed by atoms with Gasteiger partial charge in [-0.25, -0.2) is 0 Å². The Labute approximate surface area is 147 Å². The fraction of sp³-hybridized carbons (Fsp3) is 0.176. The minimum absolute atomic E-state index is 0.0532. The molecule has 2 aromatic rings. The summed E-state index contributed by atoms with van der Waals surface area (Å²) < 4.78 is 5.59. The van der Waals surface area contributed by atoms with Crippen LogP contribution in [0.2, 0.25) is 5.02 Å². The van der Waals surface area contributed by atoms with Gasteiger partial charge in [-0.1, -0.05) is 11.6 Å². The first-order chi connectivity index (χ1) is 12.0. The van der Waals surface area contributed by atoms with Crippen LogP contribution in [0.5, 0.6) is 0 Å². The third-order valence-corrected chi connectivity index (χ3v) is 3.93. The van der Waals surface area contributed by atoms with Crippen molar-refractivity contribution in [3.63, 3.8) is 0 Å². The molecule has 1 aliphatic carbocycles. The number of amides is 1. The molecule has 1 heterocycles. The molecule has 0 aliphatic heterocycles. The predicted molar refractivity (Wildman–Crippen MR) is 90.6 cm³/mol. The highest BCUT2D eigenvalue weighted by Gasteiger charge is 2.25. The Balaban J connectivity index is 1.84. The van der Waals surface area contributed by atoms with E-state index in [1.54, 1.807) is 12.1 Å². The molecule has 0 radical (unpaired) electrons. The second-order valence-corrected chi connectivity index (χ2v) is 5.95. The summed E-state index contributed by atoms with van der Waals surface area (Å²) in [5.41, 5.74) is 0.305. The van der Waals surface area contributed by atoms with E-state index in [4.69, 9.17) is 21.3 Å². The van der Waals surface area contributed by atoms with Gasteiger partial charge in [-0.15, -0.1) is 0 Å². The molecule has 0 atom stereocenters. The van der Waals surface area contributed by atoms with Gasteiger partial charge in [-0.05, 0) is 31.0 Å². The lowest BCUT2D eigenvalue weighted by Gasteiger charge is -2.01. The van der Waals surface area contributed by atoms with E-state index < -0.39 is 10.8 Å². The molecule has 1 fully saturated rings. The lowest BCUT2D eigenvalue weighted by atomic mass is 10.1. The second-order valence-electron chi connectivity index (χ2n) is 5.54. The minimum Gasteiger partial charge on any atom is -0.457 e. The fourth-order valence-corrected chi connectivity index (χ4v) is 2.44. The maximum absolute atomic E-state index is 11.9. The first-order valence-electron chi connectivity index (χ1n) is 7.44. The molecule has 0 spiro atoms. The Kier molecular flexibility index (Phi) is 4.55. The lowest BCUT2D eigenvalue weighted by molar-refractivity contribution is -0.384. The summed E-state index contributed by atoms with van der Waals surface area (Å²) in [6.07, 6.45) is 3.20. The lowest BCUT2D eigenvalue weighted by Crippen LogP contribution is -2.26. The van der Waals surface area contributed by atoms with Gasteiger partial charge in [-0.2, -0.15) is 5.26 Å². The van der Waals surface area contributed by atoms with Crippen LogP contribution < -0.4 is 5.32 Å². The molecule has 7 nitrogen and oxygen atoms in total. The van der Waals surface area contributed by atoms with Gasteiger partial charge < -0.3 is 9.73 Å². The van der Waals surface area contributed by atoms with E-state index in [1.807, 2.05) is 6.07 Å². The molecule has 1 N–H and O–H groups in total. The summed E-state index contributed by atoms with van der Waals surface area (Å²) in [4.78, 5) is 22.1. The number of nitriles is 1. The zero-order chi connectivity index (χ0) is 18.0. The standard InChI is InChI=1S/C17H12ClN3O4/c18-15-8-12(21(23)24)3-5-14(15)16-6-4-13(25-16)7-10(9-19)17(22)20-11-1-2-11/h3-8,11H,1-2H2,(H,20,22)/b10-7+. The smallest absolute Gasteiger partial charge is 0.270 e. The van der Waals surface area contributed by atoms with Crippen molar-refractivity contribution in [1.82, 2.24) is 5.32 Å². The monoisotopic (exact) mass is 357 g/mol. The molecule has 1 amide bonds. The van der Waals surface area contributed by atoms with Crippen molar-refractivity contribution in [2.24, 2.45) is 0 Å². The van der Waals surface area contributed by atoms with Crippen LogP contribution in [0.4, 0.5) is 5.69 Å². The number of nitrogens with one attached hydrogen (secondary N) is 1. The van der Waals surface area contributed by atoms with E-state index in [-0.39, 0.29) is 22.3 Å². The average molecular weight is 358 g/mol. The van der Waals surface area contributed by atoms with Crippen LogP contribution in [0.1, 0.15) is 18.6 Å². The van der Waals surface area contributed by atoms with Crippen LogP contribution in [0.3, 0.4) is 0 Å². The van der Waals surface area contributed by atoms with Crippen LogP contribution in [-0.2, 0) is 4.79 Å². The van der Waals surface area contributed by atoms with Gasteiger partial charge in [0.15, 0.2) is 0 Å². The molecule has 1 aromatic heterocycles. The normalized spacial score (nSPS) is 14.0. The Hall–Kier alpha value is -3.11. The third-order valence-electron chi connectivity index (χ3n) is 3.62. The summed E-state index contributed by atoms with van der Waals surface area (Å²) in [5.74, 6) is 0.259. The van der Waals surface area contributed by atoms with E-state index >= 15 is 0 Å². The van der Waals surface area contributed by atoms with Crippen LogP contribution in [0.15, 0.2) is 40.3 Å². The molecule has 1 aromatic carbocycles. The predicted octanol–water partition coefficient (Wildman–Crippen LogP) is 3.69. The summed E-state index contributed by atoms with van der Waals surface area (Å²) in [6, 6.07) is 9.25. The Morgan fingerprint density at radius 1 is 1.40 bits per heavy atom. The van der Waals surface area contributed by atoms with Gasteiger partial charge in [-0.3, -0.25) is 14.9 Å². The summed E-state index contributed by atoms with van der Waals surface area (Å²) in [7, 11) is 0. The molecule has 3 rings (SSSR count). The largest absolute Gasteiger partial charge is 0.457 e. The van der Waals surface area contributed by atoms with Crippen molar-refractivity contribution in [3.05, 3.63) is 56.8 Å². The maximum Gasteiger partial charge on any atom is 0.270 e. The summed E-state index contributed by atoms with van der Waals surface area (Å²) in [6.45, 7) is 0. The van der Waals surface area contributed by atoms with Gasteiger partial charge in [0.05, 0.1) is 9.95 Å². The van der Waals surface area contributed by atoms with Gasteiger partial charge in [0.25, 0.3) is 11.6 Å². The number of non-ortho nitro benzene ring substituents is 1. The van der Waals surface area contributed by atoms with Crippen molar-refractivity contribution in [3.8, 4) is 17.4 Å². The van der Waals surface area contributed by atoms with Crippen molar-refractivity contribution in [2.45, 2.75) is 18.9 Å². The average Bonchev–Trinajstić information content (AvgIpc) is 3.27. The minimum atomic E-state index is -0.538. The van der Waals surface area contributed by atoms with E-state index in [9.17, 15) is 14.9 Å². The number of nitro benzene ring substituents is 1. The summed E-state index contributed by atoms with van der Waals surface area (Å²) in [5, 5.41) is 22.8. The number of benzene rings is 1. The number of rotatable bonds is 5. The van der Waals surface area contributed by atoms with Crippen LogP contribution in [0, 0.1) is 21.4 Å². The van der Waals surface area contributed by atoms with E-state index in [0.29, 0.717) is 17.1 Å². The highest BCUT2D eigenvalue weighted by Crippen LogP contribution is 2.32. The summed E-state index contributed by atoms with van der Waals surface area (Å²) >= 11 is 6.07. The quantitative estimate of drug-likeness (QED) is 0.380. The molecule has 1 aliphatic rings. The number of nitro groups is 1. The molecular formula is C17H12ClN3O4. The molecule has 1 saturated carbocycles. The first kappa shape index (κ1) is 16.7. The highest BCUT2D eigenvalue weighted by atomic mass is 35.5. The van der Waals surface area contributed by atoms with Crippen LogP contribution in [0.25, 0.3) is 17.4 Å². The maximum atomic E-state index is 11.9. The van der Waals surface area contributed by atoms with Gasteiger partial charge in [0, 0.05) is 29.8 Å². The molecular weight excluding hydrogens is 346 g/mol. The molecule has 126 valence electrons. The Bertz CT molecular complexity index is 922. The number of hydrogen-bond donors (Lipinski definition) is 1. The fourth-order valence-electron chi connectivity index (χ4n) is 2.17. The third kappa shape index (κ3) is 3.87. The second kappa shape index (κ2) is 6.79. The first-order valence-corrected chi connectivity index (χ1v) is 7.82. The molecule has 0 saturated heterocycles. The van der Waals surface area contributed by atoms with Crippen LogP contribution >= 0.6 is 11.6 Å². The van der Waals surface area contributed by atoms with Crippen molar-refractivity contribution >= 4 is 29.3 Å². The van der Waals surface area contributed by atoms with Crippen molar-refractivity contribution < 1.29 is 14.1 Å². The van der Waals surface area contributed by atoms with Gasteiger partial charge in [0.1, 0.15) is 23.2 Å². The number of nitrogens with zero attached hydrogens (tertiary/aromatic N) is 2. The SMILES string of the molecule is N#C/C(=C\c1ccc(-c2ccc([N+](=O)[O-])cc2Cl)o1)C(=O)NC1CC1. The Morgan fingerprint density at radius 3 is 2.76 bits per heavy atom. The zero-order valence-electron chi connectivity index (χ0n) is 12.9. The number of carbonyl (C=O) groups is 1. The van der Waals surface area contributed by atoms with Crippen molar-refractivity contribution in [1.29, 1.82) is 5.26 Å². The highest BCUT2D eigenvalue weighted by molar-refractivity contribution is 6.33. The molecule has 25 heavy (non-hydrogen) atoms. The number of carbonyl (C=O) groups excluding carboxylic acids is 1. The number of halogens is 1. The molecule has 0 bridgehead atoms.